The molecule has 0 bridgehead atoms. The van der Waals surface area contributed by atoms with E-state index in [1.54, 1.807) is 30.3 Å². The number of hydrogen-bond acceptors (Lipinski definition) is 7. The van der Waals surface area contributed by atoms with Crippen molar-refractivity contribution in [3.8, 4) is 22.6 Å². The average Bonchev–Trinajstić information content (AvgIpc) is 2.82. The maximum atomic E-state index is 12.3. The van der Waals surface area contributed by atoms with E-state index in [-0.39, 0.29) is 12.4 Å². The molecule has 0 atom stereocenters. The van der Waals surface area contributed by atoms with Gasteiger partial charge in [0.15, 0.2) is 6.61 Å². The Morgan fingerprint density at radius 1 is 0.765 bits per heavy atom. The summed E-state index contributed by atoms with van der Waals surface area (Å²) in [4.78, 5) is 36.0. The van der Waals surface area contributed by atoms with Crippen LogP contribution in [0, 0.1) is 6.92 Å². The number of rotatable bonds is 5. The van der Waals surface area contributed by atoms with Crippen molar-refractivity contribution in [1.82, 2.24) is 0 Å². The van der Waals surface area contributed by atoms with E-state index in [2.05, 4.69) is 0 Å². The Bertz CT molecular complexity index is 1650. The third-order valence-corrected chi connectivity index (χ3v) is 5.31. The molecule has 2 aromatic heterocycles. The van der Waals surface area contributed by atoms with Crippen LogP contribution in [0.5, 0.6) is 11.5 Å². The Kier molecular flexibility index (Phi) is 5.43. The van der Waals surface area contributed by atoms with Gasteiger partial charge in [0, 0.05) is 35.0 Å². The van der Waals surface area contributed by atoms with E-state index in [1.807, 2.05) is 37.3 Å². The predicted molar refractivity (Wildman–Crippen MR) is 126 cm³/mol. The van der Waals surface area contributed by atoms with Crippen molar-refractivity contribution >= 4 is 27.9 Å². The fraction of sp³-hybridized carbons (Fsp3) is 0.0741. The Morgan fingerprint density at radius 2 is 1.41 bits per heavy atom. The van der Waals surface area contributed by atoms with Crippen LogP contribution >= 0.6 is 0 Å². The monoisotopic (exact) mass is 454 g/mol. The van der Waals surface area contributed by atoms with Crippen LogP contribution in [0.15, 0.2) is 97.3 Å². The summed E-state index contributed by atoms with van der Waals surface area (Å²) in [5, 5.41) is 1.50. The second-order valence-electron chi connectivity index (χ2n) is 7.67. The Balaban J connectivity index is 1.33. The lowest BCUT2D eigenvalue weighted by atomic mass is 10.0. The molecule has 2 heterocycles. The lowest BCUT2D eigenvalue weighted by Gasteiger charge is -2.09. The quantitative estimate of drug-likeness (QED) is 0.213. The molecule has 0 saturated heterocycles. The van der Waals surface area contributed by atoms with E-state index in [0.717, 1.165) is 27.5 Å². The molecule has 5 rings (SSSR count). The van der Waals surface area contributed by atoms with Crippen LogP contribution in [0.4, 0.5) is 0 Å². The molecule has 0 aliphatic heterocycles. The number of fused-ring (bicyclic) bond motifs is 2. The minimum Gasteiger partial charge on any atom is -0.482 e. The first-order valence-corrected chi connectivity index (χ1v) is 10.5. The molecule has 34 heavy (non-hydrogen) atoms. The van der Waals surface area contributed by atoms with E-state index in [1.165, 1.54) is 18.2 Å². The second-order valence-corrected chi connectivity index (χ2v) is 7.67. The Hall–Kier alpha value is -4.65. The summed E-state index contributed by atoms with van der Waals surface area (Å²) in [6, 6.07) is 22.1. The summed E-state index contributed by atoms with van der Waals surface area (Å²) in [5.41, 5.74) is 2.10. The zero-order valence-electron chi connectivity index (χ0n) is 18.1. The number of esters is 1. The van der Waals surface area contributed by atoms with Crippen molar-refractivity contribution < 1.29 is 23.1 Å². The minimum absolute atomic E-state index is 0.217. The topological polar surface area (TPSA) is 96.0 Å². The van der Waals surface area contributed by atoms with E-state index < -0.39 is 17.2 Å². The summed E-state index contributed by atoms with van der Waals surface area (Å²) in [6.07, 6.45) is 0. The zero-order chi connectivity index (χ0) is 23.7. The van der Waals surface area contributed by atoms with Crippen LogP contribution in [0.2, 0.25) is 0 Å². The normalized spacial score (nSPS) is 11.0. The van der Waals surface area contributed by atoms with Crippen LogP contribution in [-0.2, 0) is 4.79 Å². The summed E-state index contributed by atoms with van der Waals surface area (Å²) >= 11 is 0. The predicted octanol–water partition coefficient (Wildman–Crippen LogP) is 4.86. The molecular weight excluding hydrogens is 436 g/mol. The summed E-state index contributed by atoms with van der Waals surface area (Å²) in [6.45, 7) is 1.44. The Labute approximate surface area is 192 Å². The first kappa shape index (κ1) is 21.2. The van der Waals surface area contributed by atoms with Gasteiger partial charge >= 0.3 is 17.2 Å². The summed E-state index contributed by atoms with van der Waals surface area (Å²) < 4.78 is 21.4. The first-order valence-electron chi connectivity index (χ1n) is 10.5. The van der Waals surface area contributed by atoms with Crippen LogP contribution in [0.3, 0.4) is 0 Å². The van der Waals surface area contributed by atoms with Crippen molar-refractivity contribution in [2.75, 3.05) is 6.61 Å². The number of ether oxygens (including phenoxy) is 2. The number of benzene rings is 3. The molecular formula is C27H18O7. The molecule has 168 valence electrons. The first-order chi connectivity index (χ1) is 16.5. The van der Waals surface area contributed by atoms with Crippen molar-refractivity contribution in [3.05, 3.63) is 105 Å². The van der Waals surface area contributed by atoms with Crippen molar-refractivity contribution in [2.24, 2.45) is 0 Å². The standard InChI is InChI=1S/C27H18O7/c1-16-11-25(28)33-23-12-18(7-9-20(16)23)31-15-27(30)32-19-8-10-21-22(17-5-3-2-4-6-17)14-26(29)34-24(21)13-19/h2-14H,15H2,1H3. The highest BCUT2D eigenvalue weighted by atomic mass is 16.6. The van der Waals surface area contributed by atoms with E-state index >= 15 is 0 Å². The second kappa shape index (κ2) is 8.71. The summed E-state index contributed by atoms with van der Waals surface area (Å²) in [7, 11) is 0. The van der Waals surface area contributed by atoms with Crippen molar-refractivity contribution in [2.45, 2.75) is 6.92 Å². The molecule has 0 radical (unpaired) electrons. The SMILES string of the molecule is Cc1cc(=O)oc2cc(OCC(=O)Oc3ccc4c(-c5ccccc5)cc(=O)oc4c3)ccc12. The molecule has 0 fully saturated rings. The maximum absolute atomic E-state index is 12.3. The van der Waals surface area contributed by atoms with Gasteiger partial charge in [0.25, 0.3) is 0 Å². The van der Waals surface area contributed by atoms with E-state index in [0.29, 0.717) is 16.9 Å². The maximum Gasteiger partial charge on any atom is 0.349 e. The fourth-order valence-corrected chi connectivity index (χ4v) is 3.76. The van der Waals surface area contributed by atoms with Gasteiger partial charge in [-0.3, -0.25) is 0 Å². The third-order valence-electron chi connectivity index (χ3n) is 5.31. The number of carbonyl (C=O) groups is 1. The van der Waals surface area contributed by atoms with Gasteiger partial charge < -0.3 is 18.3 Å². The number of hydrogen-bond donors (Lipinski definition) is 0. The van der Waals surface area contributed by atoms with Crippen molar-refractivity contribution in [1.29, 1.82) is 0 Å². The smallest absolute Gasteiger partial charge is 0.349 e. The van der Waals surface area contributed by atoms with Gasteiger partial charge in [-0.2, -0.15) is 0 Å². The van der Waals surface area contributed by atoms with E-state index in [4.69, 9.17) is 18.3 Å². The minimum atomic E-state index is -0.647. The molecule has 3 aromatic carbocycles. The molecule has 0 amide bonds. The molecule has 0 aliphatic rings. The van der Waals surface area contributed by atoms with Gasteiger partial charge in [0.05, 0.1) is 0 Å². The zero-order valence-corrected chi connectivity index (χ0v) is 18.1. The lowest BCUT2D eigenvalue weighted by Crippen LogP contribution is -2.17. The van der Waals surface area contributed by atoms with Gasteiger partial charge in [-0.1, -0.05) is 30.3 Å². The highest BCUT2D eigenvalue weighted by Crippen LogP contribution is 2.29. The van der Waals surface area contributed by atoms with Gasteiger partial charge in [-0.15, -0.1) is 0 Å². The molecule has 0 saturated carbocycles. The molecule has 0 unspecified atom stereocenters. The molecule has 0 spiro atoms. The van der Waals surface area contributed by atoms with Crippen LogP contribution in [0.1, 0.15) is 5.56 Å². The average molecular weight is 454 g/mol. The van der Waals surface area contributed by atoms with Crippen molar-refractivity contribution in [3.63, 3.8) is 0 Å². The third kappa shape index (κ3) is 4.31. The Morgan fingerprint density at radius 3 is 2.21 bits per heavy atom. The van der Waals surface area contributed by atoms with Crippen LogP contribution < -0.4 is 20.7 Å². The van der Waals surface area contributed by atoms with E-state index in [9.17, 15) is 14.4 Å². The molecule has 5 aromatic rings. The van der Waals surface area contributed by atoms with Gasteiger partial charge in [0.2, 0.25) is 0 Å². The van der Waals surface area contributed by atoms with Crippen LogP contribution in [0.25, 0.3) is 33.1 Å². The lowest BCUT2D eigenvalue weighted by molar-refractivity contribution is -0.136. The molecule has 7 nitrogen and oxygen atoms in total. The summed E-state index contributed by atoms with van der Waals surface area (Å²) in [5.74, 6) is -0.0727. The fourth-order valence-electron chi connectivity index (χ4n) is 3.76. The van der Waals surface area contributed by atoms with Gasteiger partial charge in [-0.05, 0) is 47.9 Å². The molecule has 0 N–H and O–H groups in total. The van der Waals surface area contributed by atoms with Gasteiger partial charge in [-0.25, -0.2) is 14.4 Å². The van der Waals surface area contributed by atoms with Gasteiger partial charge in [0.1, 0.15) is 22.7 Å². The number of carbonyl (C=O) groups excluding carboxylic acids is 1. The number of aryl methyl sites for hydroxylation is 1. The van der Waals surface area contributed by atoms with Crippen LogP contribution in [-0.4, -0.2) is 12.6 Å². The highest BCUT2D eigenvalue weighted by Gasteiger charge is 2.12. The highest BCUT2D eigenvalue weighted by molar-refractivity contribution is 5.94. The molecule has 7 heteroatoms. The largest absolute Gasteiger partial charge is 0.482 e. The molecule has 0 aliphatic carbocycles.